The van der Waals surface area contributed by atoms with Crippen molar-refractivity contribution in [2.24, 2.45) is 0 Å². The molecule has 0 heterocycles. The summed E-state index contributed by atoms with van der Waals surface area (Å²) >= 11 is 0. The van der Waals surface area contributed by atoms with E-state index in [0.717, 1.165) is 0 Å². The van der Waals surface area contributed by atoms with Gasteiger partial charge in [0.15, 0.2) is 0 Å². The van der Waals surface area contributed by atoms with Crippen LogP contribution in [0.2, 0.25) is 0 Å². The number of benzene rings is 1. The Morgan fingerprint density at radius 2 is 2.40 bits per heavy atom. The van der Waals surface area contributed by atoms with Gasteiger partial charge in [-0.2, -0.15) is 0 Å². The minimum Gasteiger partial charge on any atom is -0.497 e. The van der Waals surface area contributed by atoms with Crippen molar-refractivity contribution in [3.63, 3.8) is 0 Å². The third kappa shape index (κ3) is 1.41. The van der Waals surface area contributed by atoms with Crippen molar-refractivity contribution < 1.29 is 8.85 Å². The lowest BCUT2D eigenvalue weighted by atomic mass is 10.3. The molecule has 1 aromatic rings. The third-order valence-electron chi connectivity index (χ3n) is 1.11. The van der Waals surface area contributed by atoms with Gasteiger partial charge in [0.05, 0.1) is 11.2 Å². The monoisotopic (exact) mass is 140 g/mol. The van der Waals surface area contributed by atoms with Crippen molar-refractivity contribution in [1.82, 2.24) is 0 Å². The Hall–Kier alpha value is -1.18. The lowest BCUT2D eigenvalue weighted by Crippen LogP contribution is -1.88. The second-order valence-corrected chi connectivity index (χ2v) is 1.72. The summed E-state index contributed by atoms with van der Waals surface area (Å²) in [6.45, 7) is 0. The molecule has 1 rings (SSSR count). The number of rotatable bonds is 2. The fourth-order valence-corrected chi connectivity index (χ4v) is 0.604. The van der Waals surface area contributed by atoms with Gasteiger partial charge in [0.2, 0.25) is 0 Å². The maximum absolute atomic E-state index is 7.60. The summed E-state index contributed by atoms with van der Waals surface area (Å²) in [6, 6.07) is 1.61. The van der Waals surface area contributed by atoms with Crippen molar-refractivity contribution in [1.29, 1.82) is 0 Å². The van der Waals surface area contributed by atoms with Crippen LogP contribution in [0.1, 0.15) is 4.11 Å². The highest BCUT2D eigenvalue weighted by molar-refractivity contribution is 5.47. The van der Waals surface area contributed by atoms with Crippen molar-refractivity contribution >= 4 is 5.69 Å². The number of hydrogen-bond donors (Lipinski definition) is 1. The van der Waals surface area contributed by atoms with Gasteiger partial charge in [-0.05, 0) is 12.1 Å². The minimum atomic E-state index is 0.0579. The van der Waals surface area contributed by atoms with Gasteiger partial charge in [-0.15, -0.1) is 0 Å². The number of anilines is 1. The molecule has 1 N–H and O–H groups in total. The number of hydrogen-bond acceptors (Lipinski definition) is 2. The zero-order valence-electron chi connectivity index (χ0n) is 8.99. The van der Waals surface area contributed by atoms with Gasteiger partial charge in [-0.1, -0.05) is 6.07 Å². The Morgan fingerprint density at radius 3 is 3.00 bits per heavy atom. The van der Waals surface area contributed by atoms with E-state index in [1.165, 1.54) is 13.2 Å². The molecule has 0 fully saturated rings. The van der Waals surface area contributed by atoms with E-state index in [0.29, 0.717) is 5.69 Å². The summed E-state index contributed by atoms with van der Waals surface area (Å²) in [7, 11) is 3.04. The maximum Gasteiger partial charge on any atom is 0.120 e. The first-order valence-electron chi connectivity index (χ1n) is 4.44. The van der Waals surface area contributed by atoms with Crippen LogP contribution in [-0.4, -0.2) is 14.2 Å². The number of ether oxygens (including phenoxy) is 1. The predicted molar refractivity (Wildman–Crippen MR) is 42.5 cm³/mol. The van der Waals surface area contributed by atoms with Crippen LogP contribution in [0.3, 0.4) is 0 Å². The van der Waals surface area contributed by atoms with Gasteiger partial charge in [-0.25, -0.2) is 0 Å². The van der Waals surface area contributed by atoms with Gasteiger partial charge >= 0.3 is 0 Å². The molecule has 2 nitrogen and oxygen atoms in total. The first-order valence-corrected chi connectivity index (χ1v) is 2.94. The zero-order valence-corrected chi connectivity index (χ0v) is 5.99. The molecule has 0 aliphatic heterocycles. The van der Waals surface area contributed by atoms with Crippen LogP contribution in [0.25, 0.3) is 0 Å². The Balaban J connectivity index is 3.39. The molecule has 10 heavy (non-hydrogen) atoms. The lowest BCUT2D eigenvalue weighted by Gasteiger charge is -2.01. The SMILES string of the molecule is [2H]c1cc([2H])c(OC)c([2H])c1NC. The van der Waals surface area contributed by atoms with Crippen molar-refractivity contribution in [3.8, 4) is 5.75 Å². The van der Waals surface area contributed by atoms with Gasteiger partial charge in [-0.3, -0.25) is 0 Å². The average Bonchev–Trinajstić information content (AvgIpc) is 2.04. The summed E-state index contributed by atoms with van der Waals surface area (Å²) < 4.78 is 27.4. The summed E-state index contributed by atoms with van der Waals surface area (Å²) in [6.07, 6.45) is 0. The van der Waals surface area contributed by atoms with Crippen molar-refractivity contribution in [3.05, 3.63) is 24.2 Å². The minimum absolute atomic E-state index is 0.0579. The predicted octanol–water partition coefficient (Wildman–Crippen LogP) is 1.74. The van der Waals surface area contributed by atoms with Crippen molar-refractivity contribution in [2.75, 3.05) is 19.5 Å². The van der Waals surface area contributed by atoms with Crippen molar-refractivity contribution in [2.45, 2.75) is 0 Å². The van der Waals surface area contributed by atoms with Gasteiger partial charge in [0.1, 0.15) is 5.75 Å². The summed E-state index contributed by atoms with van der Waals surface area (Å²) in [5.41, 5.74) is 0.382. The Morgan fingerprint density at radius 1 is 1.60 bits per heavy atom. The molecule has 0 atom stereocenters. The van der Waals surface area contributed by atoms with Crippen LogP contribution in [0.4, 0.5) is 5.69 Å². The highest BCUT2D eigenvalue weighted by Crippen LogP contribution is 2.15. The van der Waals surface area contributed by atoms with E-state index >= 15 is 0 Å². The van der Waals surface area contributed by atoms with E-state index < -0.39 is 0 Å². The fourth-order valence-electron chi connectivity index (χ4n) is 0.604. The molecule has 0 aliphatic carbocycles. The smallest absolute Gasteiger partial charge is 0.120 e. The second-order valence-electron chi connectivity index (χ2n) is 1.72. The molecule has 0 bridgehead atoms. The molecular formula is C8H11NO. The number of methoxy groups -OCH3 is 1. The summed E-state index contributed by atoms with van der Waals surface area (Å²) in [5, 5.41) is 2.73. The van der Waals surface area contributed by atoms with Gasteiger partial charge < -0.3 is 10.1 Å². The molecule has 1 aromatic carbocycles. The molecule has 0 spiro atoms. The molecule has 0 saturated carbocycles. The van der Waals surface area contributed by atoms with Crippen LogP contribution >= 0.6 is 0 Å². The maximum atomic E-state index is 7.60. The molecule has 0 amide bonds. The molecule has 0 aliphatic rings. The highest BCUT2D eigenvalue weighted by atomic mass is 16.5. The number of nitrogens with one attached hydrogen (secondary N) is 1. The van der Waals surface area contributed by atoms with Gasteiger partial charge in [0, 0.05) is 18.8 Å². The standard InChI is InChI=1S/C8H11NO/c1-9-7-4-3-5-8(6-7)10-2/h3-6,9H,1-2H3/i4D,5D,6D. The Labute approximate surface area is 65.0 Å². The largest absolute Gasteiger partial charge is 0.497 e. The molecular weight excluding hydrogens is 126 g/mol. The van der Waals surface area contributed by atoms with Crippen LogP contribution < -0.4 is 10.1 Å². The topological polar surface area (TPSA) is 21.3 Å². The Kier molecular flexibility index (Phi) is 1.20. The van der Waals surface area contributed by atoms with Crippen LogP contribution in [0, 0.1) is 0 Å². The lowest BCUT2D eigenvalue weighted by molar-refractivity contribution is 0.415. The fraction of sp³-hybridized carbons (Fsp3) is 0.250. The van der Waals surface area contributed by atoms with E-state index in [2.05, 4.69) is 5.32 Å². The van der Waals surface area contributed by atoms with E-state index in [1.54, 1.807) is 7.05 Å². The second kappa shape index (κ2) is 3.11. The highest BCUT2D eigenvalue weighted by Gasteiger charge is 1.89. The van der Waals surface area contributed by atoms with E-state index in [4.69, 9.17) is 8.85 Å². The molecule has 0 saturated heterocycles. The normalized spacial score (nSPS) is 13.2. The van der Waals surface area contributed by atoms with E-state index in [9.17, 15) is 0 Å². The van der Waals surface area contributed by atoms with Crippen LogP contribution in [-0.2, 0) is 0 Å². The first-order chi connectivity index (χ1) is 6.11. The summed E-state index contributed by atoms with van der Waals surface area (Å²) in [4.78, 5) is 0. The van der Waals surface area contributed by atoms with Gasteiger partial charge in [0.25, 0.3) is 0 Å². The molecule has 0 radical (unpaired) electrons. The van der Waals surface area contributed by atoms with E-state index in [1.807, 2.05) is 0 Å². The molecule has 0 unspecified atom stereocenters. The van der Waals surface area contributed by atoms with Crippen LogP contribution in [0.15, 0.2) is 24.2 Å². The summed E-state index contributed by atoms with van der Waals surface area (Å²) in [5.74, 6) is 0.195. The third-order valence-corrected chi connectivity index (χ3v) is 1.11. The average molecular weight is 140 g/mol. The molecule has 54 valence electrons. The van der Waals surface area contributed by atoms with Crippen LogP contribution in [0.5, 0.6) is 5.75 Å². The molecule has 2 heteroatoms. The zero-order chi connectivity index (χ0) is 10.0. The van der Waals surface area contributed by atoms with E-state index in [-0.39, 0.29) is 23.9 Å². The quantitative estimate of drug-likeness (QED) is 0.675. The Bertz CT molecular complexity index is 299. The first kappa shape index (κ1) is 3.86. The molecule has 0 aromatic heterocycles.